The molecule has 0 aliphatic rings. The van der Waals surface area contributed by atoms with E-state index in [9.17, 15) is 9.50 Å². The summed E-state index contributed by atoms with van der Waals surface area (Å²) in [6, 6.07) is 6.10. The molecule has 0 aliphatic carbocycles. The van der Waals surface area contributed by atoms with Gasteiger partial charge in [0.15, 0.2) is 0 Å². The Morgan fingerprint density at radius 2 is 1.88 bits per heavy atom. The largest absolute Gasteiger partial charge is 0.385 e. The highest BCUT2D eigenvalue weighted by Gasteiger charge is 2.24. The molecule has 1 aromatic carbocycles. The van der Waals surface area contributed by atoms with E-state index in [2.05, 4.69) is 0 Å². The summed E-state index contributed by atoms with van der Waals surface area (Å²) in [5, 5.41) is 10.0. The Morgan fingerprint density at radius 3 is 2.41 bits per heavy atom. The molecule has 4 heteroatoms. The Morgan fingerprint density at radius 1 is 1.24 bits per heavy atom. The number of rotatable bonds is 7. The number of hydrogen-bond acceptors (Lipinski definition) is 3. The fourth-order valence-corrected chi connectivity index (χ4v) is 1.45. The minimum Gasteiger partial charge on any atom is -0.385 e. The van der Waals surface area contributed by atoms with Gasteiger partial charge in [-0.15, -0.1) is 0 Å². The van der Waals surface area contributed by atoms with Crippen molar-refractivity contribution in [3.05, 3.63) is 35.6 Å². The van der Waals surface area contributed by atoms with E-state index in [0.717, 1.165) is 5.56 Å². The summed E-state index contributed by atoms with van der Waals surface area (Å²) >= 11 is 0. The maximum Gasteiger partial charge on any atom is 0.123 e. The maximum absolute atomic E-state index is 12.7. The lowest BCUT2D eigenvalue weighted by atomic mass is 10.0. The minimum atomic E-state index is -0.950. The molecule has 0 aromatic heterocycles. The van der Waals surface area contributed by atoms with Gasteiger partial charge in [-0.3, -0.25) is 0 Å². The van der Waals surface area contributed by atoms with Gasteiger partial charge in [-0.05, 0) is 24.1 Å². The average molecular weight is 242 g/mol. The summed E-state index contributed by atoms with van der Waals surface area (Å²) in [7, 11) is 1.54. The molecule has 0 radical (unpaired) electrons. The second-order valence-electron chi connectivity index (χ2n) is 4.13. The summed E-state index contributed by atoms with van der Waals surface area (Å²) in [4.78, 5) is 0. The van der Waals surface area contributed by atoms with Crippen molar-refractivity contribution in [1.82, 2.24) is 0 Å². The Labute approximate surface area is 101 Å². The highest BCUT2D eigenvalue weighted by Crippen LogP contribution is 2.12. The van der Waals surface area contributed by atoms with Crippen LogP contribution >= 0.6 is 0 Å². The van der Waals surface area contributed by atoms with Crippen molar-refractivity contribution in [2.75, 3.05) is 20.3 Å². The van der Waals surface area contributed by atoms with Gasteiger partial charge in [0.1, 0.15) is 11.4 Å². The highest BCUT2D eigenvalue weighted by molar-refractivity contribution is 5.14. The van der Waals surface area contributed by atoms with Gasteiger partial charge in [0.25, 0.3) is 0 Å². The first-order valence-corrected chi connectivity index (χ1v) is 5.63. The molecule has 0 fully saturated rings. The molecule has 96 valence electrons. The van der Waals surface area contributed by atoms with Gasteiger partial charge in [0.2, 0.25) is 0 Å². The predicted molar refractivity (Wildman–Crippen MR) is 63.2 cm³/mol. The number of aliphatic hydroxyl groups is 1. The Balaban J connectivity index is 2.38. The second kappa shape index (κ2) is 6.69. The molecule has 0 spiro atoms. The van der Waals surface area contributed by atoms with E-state index in [1.807, 2.05) is 6.92 Å². The first-order chi connectivity index (χ1) is 8.09. The van der Waals surface area contributed by atoms with Gasteiger partial charge in [-0.2, -0.15) is 0 Å². The number of benzene rings is 1. The van der Waals surface area contributed by atoms with Crippen molar-refractivity contribution in [3.8, 4) is 0 Å². The van der Waals surface area contributed by atoms with Crippen LogP contribution in [0, 0.1) is 5.82 Å². The molecule has 0 saturated carbocycles. The van der Waals surface area contributed by atoms with Gasteiger partial charge in [-0.25, -0.2) is 4.39 Å². The first-order valence-electron chi connectivity index (χ1n) is 5.63. The van der Waals surface area contributed by atoms with Crippen molar-refractivity contribution in [2.24, 2.45) is 0 Å². The van der Waals surface area contributed by atoms with Gasteiger partial charge >= 0.3 is 0 Å². The van der Waals surface area contributed by atoms with Gasteiger partial charge in [0.05, 0.1) is 19.8 Å². The van der Waals surface area contributed by atoms with E-state index < -0.39 is 5.60 Å². The molecule has 0 bridgehead atoms. The van der Waals surface area contributed by atoms with Crippen LogP contribution in [0.1, 0.15) is 18.9 Å². The van der Waals surface area contributed by atoms with Gasteiger partial charge in [-0.1, -0.05) is 19.1 Å². The minimum absolute atomic E-state index is 0.203. The molecular weight excluding hydrogens is 223 g/mol. The van der Waals surface area contributed by atoms with Crippen LogP contribution in [0.5, 0.6) is 0 Å². The van der Waals surface area contributed by atoms with E-state index in [1.165, 1.54) is 12.1 Å². The number of hydrogen-bond donors (Lipinski definition) is 1. The lowest BCUT2D eigenvalue weighted by Crippen LogP contribution is -2.38. The summed E-state index contributed by atoms with van der Waals surface area (Å²) in [5.41, 5.74) is -0.0725. The Bertz CT molecular complexity index is 326. The number of halogens is 1. The molecule has 3 nitrogen and oxygen atoms in total. The summed E-state index contributed by atoms with van der Waals surface area (Å²) < 4.78 is 23.0. The highest BCUT2D eigenvalue weighted by atomic mass is 19.1. The van der Waals surface area contributed by atoms with E-state index in [-0.39, 0.29) is 19.0 Å². The van der Waals surface area contributed by atoms with Crippen molar-refractivity contribution < 1.29 is 19.0 Å². The number of ether oxygens (including phenoxy) is 2. The molecule has 17 heavy (non-hydrogen) atoms. The maximum atomic E-state index is 12.7. The first kappa shape index (κ1) is 14.1. The van der Waals surface area contributed by atoms with Gasteiger partial charge < -0.3 is 14.6 Å². The smallest absolute Gasteiger partial charge is 0.123 e. The zero-order chi connectivity index (χ0) is 12.7. The molecule has 1 unspecified atom stereocenters. The normalized spacial score (nSPS) is 14.6. The van der Waals surface area contributed by atoms with Crippen molar-refractivity contribution in [3.63, 3.8) is 0 Å². The third-order valence-corrected chi connectivity index (χ3v) is 2.62. The third kappa shape index (κ3) is 4.81. The fraction of sp³-hybridized carbons (Fsp3) is 0.538. The molecule has 0 aliphatic heterocycles. The van der Waals surface area contributed by atoms with Crippen molar-refractivity contribution >= 4 is 0 Å². The third-order valence-electron chi connectivity index (χ3n) is 2.62. The molecular formula is C13H19FO3. The van der Waals surface area contributed by atoms with Crippen LogP contribution in [0.3, 0.4) is 0 Å². The van der Waals surface area contributed by atoms with E-state index >= 15 is 0 Å². The molecule has 1 N–H and O–H groups in total. The zero-order valence-electron chi connectivity index (χ0n) is 10.3. The van der Waals surface area contributed by atoms with Crippen LogP contribution in [0.25, 0.3) is 0 Å². The fourth-order valence-electron chi connectivity index (χ4n) is 1.45. The topological polar surface area (TPSA) is 38.7 Å². The van der Waals surface area contributed by atoms with Crippen molar-refractivity contribution in [2.45, 2.75) is 25.6 Å². The van der Waals surface area contributed by atoms with Crippen LogP contribution < -0.4 is 0 Å². The zero-order valence-corrected chi connectivity index (χ0v) is 10.3. The molecule has 1 atom stereocenters. The average Bonchev–Trinajstić information content (AvgIpc) is 2.32. The lowest BCUT2D eigenvalue weighted by molar-refractivity contribution is -0.0924. The second-order valence-corrected chi connectivity index (χ2v) is 4.13. The van der Waals surface area contributed by atoms with E-state index in [1.54, 1.807) is 19.2 Å². The van der Waals surface area contributed by atoms with Crippen LogP contribution in [-0.4, -0.2) is 31.0 Å². The molecule has 1 aromatic rings. The Hall–Kier alpha value is -0.970. The monoisotopic (exact) mass is 242 g/mol. The summed E-state index contributed by atoms with van der Waals surface area (Å²) in [6.07, 6.45) is 0.560. The van der Waals surface area contributed by atoms with Crippen LogP contribution in [-0.2, 0) is 16.1 Å². The number of methoxy groups -OCH3 is 1. The van der Waals surface area contributed by atoms with Crippen LogP contribution in [0.4, 0.5) is 4.39 Å². The van der Waals surface area contributed by atoms with E-state index in [4.69, 9.17) is 9.47 Å². The molecule has 0 heterocycles. The van der Waals surface area contributed by atoms with Crippen molar-refractivity contribution in [1.29, 1.82) is 0 Å². The van der Waals surface area contributed by atoms with Crippen LogP contribution in [0.15, 0.2) is 24.3 Å². The molecule has 0 saturated heterocycles. The quantitative estimate of drug-likeness (QED) is 0.796. The van der Waals surface area contributed by atoms with E-state index in [0.29, 0.717) is 13.0 Å². The van der Waals surface area contributed by atoms with Gasteiger partial charge in [0, 0.05) is 7.11 Å². The summed E-state index contributed by atoms with van der Waals surface area (Å²) in [6.45, 7) is 2.67. The SMILES string of the molecule is CCC(O)(COC)COCc1ccc(F)cc1. The summed E-state index contributed by atoms with van der Waals surface area (Å²) in [5.74, 6) is -0.266. The predicted octanol–water partition coefficient (Wildman–Crippen LogP) is 2.13. The molecule has 1 rings (SSSR count). The lowest BCUT2D eigenvalue weighted by Gasteiger charge is -2.25. The van der Waals surface area contributed by atoms with Crippen LogP contribution in [0.2, 0.25) is 0 Å². The Kier molecular flexibility index (Phi) is 5.55. The standard InChI is InChI=1S/C13H19FO3/c1-3-13(15,9-16-2)10-17-8-11-4-6-12(14)7-5-11/h4-7,15H,3,8-10H2,1-2H3. The molecule has 0 amide bonds.